The van der Waals surface area contributed by atoms with Gasteiger partial charge in [-0.05, 0) is 12.1 Å². The largest absolute Gasteiger partial charge is 0.481 e. The molecule has 0 heterocycles. The first kappa shape index (κ1) is 15.1. The molecule has 0 spiro atoms. The molecule has 0 fully saturated rings. The zero-order chi connectivity index (χ0) is 14.5. The van der Waals surface area contributed by atoms with E-state index < -0.39 is 40.8 Å². The van der Waals surface area contributed by atoms with Gasteiger partial charge in [-0.1, -0.05) is 18.2 Å². The van der Waals surface area contributed by atoms with Crippen molar-refractivity contribution < 1.29 is 28.2 Å². The lowest BCUT2D eigenvalue weighted by Crippen LogP contribution is -2.34. The molecule has 7 nitrogen and oxygen atoms in total. The molecule has 3 N–H and O–H groups in total. The third-order valence-electron chi connectivity index (χ3n) is 2.34. The molecule has 0 amide bonds. The first-order valence-corrected chi connectivity index (χ1v) is 6.80. The van der Waals surface area contributed by atoms with Crippen molar-refractivity contribution in [3.8, 4) is 0 Å². The Labute approximate surface area is 109 Å². The first-order valence-electron chi connectivity index (χ1n) is 5.32. The lowest BCUT2D eigenvalue weighted by Gasteiger charge is -2.11. The Balaban J connectivity index is 2.74. The van der Waals surface area contributed by atoms with Gasteiger partial charge in [0, 0.05) is 6.54 Å². The number of aliphatic carboxylic acids is 2. The molecule has 0 aliphatic carbocycles. The van der Waals surface area contributed by atoms with E-state index in [9.17, 15) is 18.0 Å². The molecular formula is C11H13NO6S. The van der Waals surface area contributed by atoms with Crippen molar-refractivity contribution in [1.82, 2.24) is 4.72 Å². The van der Waals surface area contributed by atoms with Crippen LogP contribution in [-0.4, -0.2) is 37.1 Å². The Morgan fingerprint density at radius 1 is 1.16 bits per heavy atom. The van der Waals surface area contributed by atoms with Crippen molar-refractivity contribution in [2.75, 3.05) is 6.54 Å². The van der Waals surface area contributed by atoms with Gasteiger partial charge < -0.3 is 10.2 Å². The fourth-order valence-corrected chi connectivity index (χ4v) is 2.45. The summed E-state index contributed by atoms with van der Waals surface area (Å²) >= 11 is 0. The molecule has 1 rings (SSSR count). The highest BCUT2D eigenvalue weighted by Gasteiger charge is 2.23. The zero-order valence-corrected chi connectivity index (χ0v) is 10.6. The third kappa shape index (κ3) is 4.68. The molecular weight excluding hydrogens is 274 g/mol. The standard InChI is InChI=1S/C11H13NO6S/c13-10(14)6-8(11(15)16)7-12-19(17,18)9-4-2-1-3-5-9/h1-5,8,12H,6-7H2,(H,13,14)(H,15,16). The minimum Gasteiger partial charge on any atom is -0.481 e. The predicted molar refractivity (Wildman–Crippen MR) is 65.0 cm³/mol. The SMILES string of the molecule is O=C(O)CC(CNS(=O)(=O)c1ccccc1)C(=O)O. The van der Waals surface area contributed by atoms with E-state index in [2.05, 4.69) is 4.72 Å². The summed E-state index contributed by atoms with van der Waals surface area (Å²) in [6.07, 6.45) is -0.646. The molecule has 1 aromatic carbocycles. The minimum atomic E-state index is -3.83. The van der Waals surface area contributed by atoms with Gasteiger partial charge in [-0.2, -0.15) is 0 Å². The number of sulfonamides is 1. The number of hydrogen-bond acceptors (Lipinski definition) is 4. The van der Waals surface area contributed by atoms with Crippen LogP contribution >= 0.6 is 0 Å². The molecule has 104 valence electrons. The summed E-state index contributed by atoms with van der Waals surface area (Å²) in [7, 11) is -3.83. The number of hydrogen-bond donors (Lipinski definition) is 3. The summed E-state index contributed by atoms with van der Waals surface area (Å²) in [6.45, 7) is -0.473. The highest BCUT2D eigenvalue weighted by Crippen LogP contribution is 2.09. The van der Waals surface area contributed by atoms with Crippen LogP contribution < -0.4 is 4.72 Å². The maximum atomic E-state index is 11.8. The number of rotatable bonds is 7. The van der Waals surface area contributed by atoms with Crippen LogP contribution in [0.2, 0.25) is 0 Å². The maximum absolute atomic E-state index is 11.8. The molecule has 1 unspecified atom stereocenters. The average Bonchev–Trinajstić information content (AvgIpc) is 2.35. The monoisotopic (exact) mass is 287 g/mol. The minimum absolute atomic E-state index is 0.00513. The van der Waals surface area contributed by atoms with E-state index in [4.69, 9.17) is 10.2 Å². The second-order valence-electron chi connectivity index (χ2n) is 3.80. The van der Waals surface area contributed by atoms with Crippen LogP contribution in [0.4, 0.5) is 0 Å². The van der Waals surface area contributed by atoms with Crippen LogP contribution in [0.5, 0.6) is 0 Å². The lowest BCUT2D eigenvalue weighted by atomic mass is 10.1. The van der Waals surface area contributed by atoms with Crippen LogP contribution in [0.15, 0.2) is 35.2 Å². The van der Waals surface area contributed by atoms with Crippen molar-refractivity contribution in [2.45, 2.75) is 11.3 Å². The molecule has 0 aliphatic rings. The number of carboxylic acids is 2. The van der Waals surface area contributed by atoms with Crippen LogP contribution in [0.1, 0.15) is 6.42 Å². The van der Waals surface area contributed by atoms with Gasteiger partial charge in [-0.3, -0.25) is 9.59 Å². The third-order valence-corrected chi connectivity index (χ3v) is 3.78. The molecule has 1 aromatic rings. The van der Waals surface area contributed by atoms with Crippen molar-refractivity contribution in [2.24, 2.45) is 5.92 Å². The van der Waals surface area contributed by atoms with Gasteiger partial charge in [-0.25, -0.2) is 13.1 Å². The Hall–Kier alpha value is -1.93. The van der Waals surface area contributed by atoms with Crippen molar-refractivity contribution in [1.29, 1.82) is 0 Å². The van der Waals surface area contributed by atoms with Crippen LogP contribution in [0, 0.1) is 5.92 Å². The van der Waals surface area contributed by atoms with Crippen LogP contribution in [-0.2, 0) is 19.6 Å². The summed E-state index contributed by atoms with van der Waals surface area (Å²) in [5.74, 6) is -3.97. The van der Waals surface area contributed by atoms with E-state index in [0.717, 1.165) is 0 Å². The molecule has 0 bridgehead atoms. The molecule has 0 aliphatic heterocycles. The summed E-state index contributed by atoms with van der Waals surface area (Å²) in [6, 6.07) is 7.41. The summed E-state index contributed by atoms with van der Waals surface area (Å²) in [5, 5.41) is 17.3. The molecule has 1 atom stereocenters. The van der Waals surface area contributed by atoms with E-state index in [1.165, 1.54) is 24.3 Å². The van der Waals surface area contributed by atoms with E-state index in [1.54, 1.807) is 6.07 Å². The number of carboxylic acid groups (broad SMARTS) is 2. The molecule has 0 saturated heterocycles. The predicted octanol–water partition coefficient (Wildman–Crippen LogP) is 0.140. The quantitative estimate of drug-likeness (QED) is 0.656. The van der Waals surface area contributed by atoms with E-state index in [-0.39, 0.29) is 4.90 Å². The molecule has 0 aromatic heterocycles. The molecule has 0 radical (unpaired) electrons. The van der Waals surface area contributed by atoms with Crippen LogP contribution in [0.3, 0.4) is 0 Å². The summed E-state index contributed by atoms with van der Waals surface area (Å²) < 4.78 is 25.7. The topological polar surface area (TPSA) is 121 Å². The van der Waals surface area contributed by atoms with E-state index in [0.29, 0.717) is 0 Å². The highest BCUT2D eigenvalue weighted by molar-refractivity contribution is 7.89. The van der Waals surface area contributed by atoms with E-state index in [1.807, 2.05) is 0 Å². The van der Waals surface area contributed by atoms with Crippen LogP contribution in [0.25, 0.3) is 0 Å². The average molecular weight is 287 g/mol. The summed E-state index contributed by atoms with van der Waals surface area (Å²) in [4.78, 5) is 21.3. The Bertz CT molecular complexity index is 554. The fraction of sp³-hybridized carbons (Fsp3) is 0.273. The Kier molecular flexibility index (Phi) is 5.02. The Morgan fingerprint density at radius 3 is 2.21 bits per heavy atom. The van der Waals surface area contributed by atoms with Crippen molar-refractivity contribution >= 4 is 22.0 Å². The van der Waals surface area contributed by atoms with E-state index >= 15 is 0 Å². The van der Waals surface area contributed by atoms with Gasteiger partial charge in [0.2, 0.25) is 10.0 Å². The normalized spacial score (nSPS) is 12.8. The van der Waals surface area contributed by atoms with Crippen molar-refractivity contribution in [3.63, 3.8) is 0 Å². The second kappa shape index (κ2) is 6.30. The molecule has 8 heteroatoms. The molecule has 0 saturated carbocycles. The number of nitrogens with one attached hydrogen (secondary N) is 1. The molecule has 19 heavy (non-hydrogen) atoms. The first-order chi connectivity index (χ1) is 8.83. The lowest BCUT2D eigenvalue weighted by molar-refractivity contribution is -0.147. The second-order valence-corrected chi connectivity index (χ2v) is 5.56. The summed E-state index contributed by atoms with van der Waals surface area (Å²) in [5.41, 5.74) is 0. The van der Waals surface area contributed by atoms with Crippen molar-refractivity contribution in [3.05, 3.63) is 30.3 Å². The van der Waals surface area contributed by atoms with Gasteiger partial charge >= 0.3 is 11.9 Å². The van der Waals surface area contributed by atoms with Gasteiger partial charge in [0.05, 0.1) is 17.2 Å². The Morgan fingerprint density at radius 2 is 1.74 bits per heavy atom. The number of benzene rings is 1. The van der Waals surface area contributed by atoms with Gasteiger partial charge in [0.15, 0.2) is 0 Å². The fourth-order valence-electron chi connectivity index (χ4n) is 1.35. The number of carbonyl (C=O) groups is 2. The smallest absolute Gasteiger partial charge is 0.308 e. The zero-order valence-electron chi connectivity index (χ0n) is 9.81. The van der Waals surface area contributed by atoms with Gasteiger partial charge in [-0.15, -0.1) is 0 Å². The van der Waals surface area contributed by atoms with Gasteiger partial charge in [0.1, 0.15) is 0 Å². The maximum Gasteiger partial charge on any atom is 0.308 e. The highest BCUT2D eigenvalue weighted by atomic mass is 32.2. The van der Waals surface area contributed by atoms with Gasteiger partial charge in [0.25, 0.3) is 0 Å².